The van der Waals surface area contributed by atoms with Crippen LogP contribution in [0.1, 0.15) is 24.8 Å². The Labute approximate surface area is 90.7 Å². The molecule has 0 spiro atoms. The Balaban J connectivity index is 1.90. The molecule has 1 aromatic rings. The van der Waals surface area contributed by atoms with Gasteiger partial charge in [0.1, 0.15) is 5.75 Å². The molecule has 0 radical (unpaired) electrons. The van der Waals surface area contributed by atoms with Gasteiger partial charge in [0.05, 0.1) is 6.10 Å². The lowest BCUT2D eigenvalue weighted by atomic mass is 10.2. The van der Waals surface area contributed by atoms with Crippen LogP contribution in [0, 0.1) is 0 Å². The fourth-order valence-corrected chi connectivity index (χ4v) is 1.35. The lowest BCUT2D eigenvalue weighted by Gasteiger charge is -2.03. The normalized spacial score (nSPS) is 15.8. The molecule has 15 heavy (non-hydrogen) atoms. The van der Waals surface area contributed by atoms with Gasteiger partial charge >= 0.3 is 0 Å². The highest BCUT2D eigenvalue weighted by Crippen LogP contribution is 2.26. The average molecular weight is 203 g/mol. The molecule has 1 fully saturated rings. The minimum atomic E-state index is 0.476. The SMILES string of the molecule is NCC/C=C/c1ccc(OC2CC2)cc1. The average Bonchev–Trinajstić information content (AvgIpc) is 3.05. The van der Waals surface area contributed by atoms with Crippen molar-refractivity contribution in [2.75, 3.05) is 6.54 Å². The lowest BCUT2D eigenvalue weighted by Crippen LogP contribution is -1.95. The summed E-state index contributed by atoms with van der Waals surface area (Å²) in [5.41, 5.74) is 6.61. The number of ether oxygens (including phenoxy) is 1. The van der Waals surface area contributed by atoms with Gasteiger partial charge in [-0.05, 0) is 43.5 Å². The molecule has 1 aliphatic carbocycles. The molecular weight excluding hydrogens is 186 g/mol. The first-order valence-corrected chi connectivity index (χ1v) is 5.52. The van der Waals surface area contributed by atoms with E-state index in [0.29, 0.717) is 12.6 Å². The zero-order valence-corrected chi connectivity index (χ0v) is 8.86. The maximum atomic E-state index is 5.66. The second kappa shape index (κ2) is 4.99. The molecule has 0 unspecified atom stereocenters. The van der Waals surface area contributed by atoms with Crippen molar-refractivity contribution in [1.82, 2.24) is 0 Å². The summed E-state index contributed by atoms with van der Waals surface area (Å²) in [6, 6.07) is 8.20. The van der Waals surface area contributed by atoms with Gasteiger partial charge in [0.15, 0.2) is 0 Å². The highest BCUT2D eigenvalue weighted by atomic mass is 16.5. The topological polar surface area (TPSA) is 35.2 Å². The lowest BCUT2D eigenvalue weighted by molar-refractivity contribution is 0.303. The molecule has 2 rings (SSSR count). The Morgan fingerprint density at radius 3 is 2.60 bits per heavy atom. The zero-order chi connectivity index (χ0) is 10.5. The van der Waals surface area contributed by atoms with Gasteiger partial charge in [-0.3, -0.25) is 0 Å². The van der Waals surface area contributed by atoms with Crippen molar-refractivity contribution in [2.24, 2.45) is 5.73 Å². The molecule has 0 saturated heterocycles. The maximum Gasteiger partial charge on any atom is 0.119 e. The summed E-state index contributed by atoms with van der Waals surface area (Å²) in [4.78, 5) is 0. The first-order valence-electron chi connectivity index (χ1n) is 5.52. The van der Waals surface area contributed by atoms with E-state index >= 15 is 0 Å². The molecule has 0 heterocycles. The molecule has 0 amide bonds. The second-order valence-electron chi connectivity index (χ2n) is 3.87. The highest BCUT2D eigenvalue weighted by molar-refractivity contribution is 5.50. The number of nitrogens with two attached hydrogens (primary N) is 1. The monoisotopic (exact) mass is 203 g/mol. The molecule has 2 N–H and O–H groups in total. The minimum absolute atomic E-state index is 0.476. The molecule has 0 bridgehead atoms. The summed E-state index contributed by atoms with van der Waals surface area (Å²) in [5, 5.41) is 0. The van der Waals surface area contributed by atoms with E-state index in [4.69, 9.17) is 10.5 Å². The van der Waals surface area contributed by atoms with Crippen LogP contribution in [0.3, 0.4) is 0 Å². The van der Waals surface area contributed by atoms with Crippen LogP contribution in [0.4, 0.5) is 0 Å². The minimum Gasteiger partial charge on any atom is -0.490 e. The molecule has 1 aromatic carbocycles. The van der Waals surface area contributed by atoms with Crippen LogP contribution >= 0.6 is 0 Å². The quantitative estimate of drug-likeness (QED) is 0.798. The molecular formula is C13H17NO. The molecule has 2 heteroatoms. The van der Waals surface area contributed by atoms with E-state index in [2.05, 4.69) is 24.3 Å². The zero-order valence-electron chi connectivity index (χ0n) is 8.86. The Bertz CT molecular complexity index is 325. The summed E-state index contributed by atoms with van der Waals surface area (Å²) >= 11 is 0. The van der Waals surface area contributed by atoms with E-state index in [0.717, 1.165) is 12.2 Å². The van der Waals surface area contributed by atoms with Crippen molar-refractivity contribution >= 4 is 6.08 Å². The van der Waals surface area contributed by atoms with E-state index in [1.165, 1.54) is 18.4 Å². The van der Waals surface area contributed by atoms with Crippen molar-refractivity contribution in [2.45, 2.75) is 25.4 Å². The first kappa shape index (κ1) is 10.2. The summed E-state index contributed by atoms with van der Waals surface area (Å²) in [7, 11) is 0. The van der Waals surface area contributed by atoms with E-state index in [-0.39, 0.29) is 0 Å². The fraction of sp³-hybridized carbons (Fsp3) is 0.385. The highest BCUT2D eigenvalue weighted by Gasteiger charge is 2.23. The number of hydrogen-bond donors (Lipinski definition) is 1. The smallest absolute Gasteiger partial charge is 0.119 e. The fourth-order valence-electron chi connectivity index (χ4n) is 1.35. The molecule has 0 aromatic heterocycles. The van der Waals surface area contributed by atoms with Crippen molar-refractivity contribution < 1.29 is 4.74 Å². The van der Waals surface area contributed by atoms with Crippen LogP contribution in [0.15, 0.2) is 30.3 Å². The van der Waals surface area contributed by atoms with Crippen LogP contribution < -0.4 is 10.5 Å². The van der Waals surface area contributed by atoms with Gasteiger partial charge in [0.25, 0.3) is 0 Å². The van der Waals surface area contributed by atoms with Crippen LogP contribution in [0.2, 0.25) is 0 Å². The third-order valence-electron chi connectivity index (χ3n) is 2.35. The van der Waals surface area contributed by atoms with Crippen molar-refractivity contribution in [3.8, 4) is 5.75 Å². The largest absolute Gasteiger partial charge is 0.490 e. The molecule has 1 saturated carbocycles. The predicted octanol–water partition coefficient (Wildman–Crippen LogP) is 2.59. The number of benzene rings is 1. The summed E-state index contributed by atoms with van der Waals surface area (Å²) in [5.74, 6) is 0.980. The molecule has 1 aliphatic rings. The van der Waals surface area contributed by atoms with Gasteiger partial charge in [-0.25, -0.2) is 0 Å². The molecule has 80 valence electrons. The standard InChI is InChI=1S/C13H17NO/c14-10-2-1-3-11-4-6-12(7-5-11)15-13-8-9-13/h1,3-7,13H,2,8-10,14H2/b3-1+. The van der Waals surface area contributed by atoms with E-state index in [1.807, 2.05) is 12.1 Å². The Hall–Kier alpha value is -1.28. The van der Waals surface area contributed by atoms with Crippen molar-refractivity contribution in [1.29, 1.82) is 0 Å². The maximum absolute atomic E-state index is 5.66. The molecule has 2 nitrogen and oxygen atoms in total. The Morgan fingerprint density at radius 2 is 2.00 bits per heavy atom. The number of rotatable bonds is 5. The van der Waals surface area contributed by atoms with E-state index < -0.39 is 0 Å². The number of hydrogen-bond acceptors (Lipinski definition) is 2. The van der Waals surface area contributed by atoms with E-state index in [1.54, 1.807) is 0 Å². The van der Waals surface area contributed by atoms with Crippen LogP contribution in [-0.4, -0.2) is 12.6 Å². The van der Waals surface area contributed by atoms with Gasteiger partial charge in [-0.1, -0.05) is 24.3 Å². The second-order valence-corrected chi connectivity index (χ2v) is 3.87. The third kappa shape index (κ3) is 3.40. The van der Waals surface area contributed by atoms with Gasteiger partial charge in [-0.15, -0.1) is 0 Å². The first-order chi connectivity index (χ1) is 7.38. The Kier molecular flexibility index (Phi) is 3.41. The summed E-state index contributed by atoms with van der Waals surface area (Å²) in [6.07, 6.45) is 8.00. The van der Waals surface area contributed by atoms with Gasteiger partial charge in [-0.2, -0.15) is 0 Å². The van der Waals surface area contributed by atoms with Gasteiger partial charge < -0.3 is 10.5 Å². The van der Waals surface area contributed by atoms with Crippen molar-refractivity contribution in [3.05, 3.63) is 35.9 Å². The van der Waals surface area contributed by atoms with Crippen LogP contribution in [0.5, 0.6) is 5.75 Å². The van der Waals surface area contributed by atoms with Crippen LogP contribution in [0.25, 0.3) is 6.08 Å². The van der Waals surface area contributed by atoms with Crippen molar-refractivity contribution in [3.63, 3.8) is 0 Å². The molecule has 0 atom stereocenters. The third-order valence-corrected chi connectivity index (χ3v) is 2.35. The molecule has 0 aliphatic heterocycles. The van der Waals surface area contributed by atoms with Gasteiger partial charge in [0.2, 0.25) is 0 Å². The van der Waals surface area contributed by atoms with Gasteiger partial charge in [0, 0.05) is 0 Å². The summed E-state index contributed by atoms with van der Waals surface area (Å²) < 4.78 is 5.66. The summed E-state index contributed by atoms with van der Waals surface area (Å²) in [6.45, 7) is 0.708. The Morgan fingerprint density at radius 1 is 1.27 bits per heavy atom. The van der Waals surface area contributed by atoms with Crippen LogP contribution in [-0.2, 0) is 0 Å². The predicted molar refractivity (Wildman–Crippen MR) is 62.8 cm³/mol. The van der Waals surface area contributed by atoms with E-state index in [9.17, 15) is 0 Å².